The van der Waals surface area contributed by atoms with Gasteiger partial charge in [-0.1, -0.05) is 27.5 Å². The van der Waals surface area contributed by atoms with Gasteiger partial charge in [-0.25, -0.2) is 0 Å². The van der Waals surface area contributed by atoms with E-state index in [9.17, 15) is 10.1 Å². The van der Waals surface area contributed by atoms with E-state index in [0.29, 0.717) is 35.5 Å². The van der Waals surface area contributed by atoms with Crippen molar-refractivity contribution in [3.63, 3.8) is 0 Å². The number of halogens is 2. The maximum Gasteiger partial charge on any atom is 0.269 e. The number of nitrogens with zero attached hydrogens (tertiary/aromatic N) is 4. The largest absolute Gasteiger partial charge is 0.419 e. The summed E-state index contributed by atoms with van der Waals surface area (Å²) in [5, 5.41) is 19.5. The van der Waals surface area contributed by atoms with Gasteiger partial charge in [0.25, 0.3) is 5.69 Å². The normalized spacial score (nSPS) is 11.1. The van der Waals surface area contributed by atoms with Crippen LogP contribution in [-0.2, 0) is 13.1 Å². The van der Waals surface area contributed by atoms with E-state index >= 15 is 0 Å². The Morgan fingerprint density at radius 2 is 1.92 bits per heavy atom. The highest BCUT2D eigenvalue weighted by atomic mass is 79.9. The Hall–Kier alpha value is -2.29. The predicted molar refractivity (Wildman–Crippen MR) is 101 cm³/mol. The van der Waals surface area contributed by atoms with Crippen LogP contribution in [0.15, 0.2) is 51.4 Å². The smallest absolute Gasteiger partial charge is 0.269 e. The number of hydrogen-bond acceptors (Lipinski definition) is 6. The third-order valence-electron chi connectivity index (χ3n) is 3.64. The Kier molecular flexibility index (Phi) is 5.65. The lowest BCUT2D eigenvalue weighted by molar-refractivity contribution is -0.384. The quantitative estimate of drug-likeness (QED) is 0.411. The van der Waals surface area contributed by atoms with E-state index in [1.165, 1.54) is 18.2 Å². The molecule has 26 heavy (non-hydrogen) atoms. The molecule has 3 rings (SSSR count). The average Bonchev–Trinajstić information content (AvgIpc) is 3.05. The molecule has 0 fully saturated rings. The second kappa shape index (κ2) is 7.94. The van der Waals surface area contributed by atoms with Crippen LogP contribution in [0.2, 0.25) is 5.02 Å². The number of nitro groups is 1. The average molecular weight is 438 g/mol. The number of nitro benzene ring substituents is 1. The van der Waals surface area contributed by atoms with Crippen LogP contribution in [0.1, 0.15) is 11.5 Å². The van der Waals surface area contributed by atoms with Gasteiger partial charge in [-0.3, -0.25) is 15.0 Å². The third-order valence-corrected chi connectivity index (χ3v) is 4.54. The van der Waals surface area contributed by atoms with Crippen LogP contribution in [0, 0.1) is 10.1 Å². The topological polar surface area (TPSA) is 85.3 Å². The predicted octanol–water partition coefficient (Wildman–Crippen LogP) is 4.69. The molecule has 2 aromatic carbocycles. The monoisotopic (exact) mass is 436 g/mol. The van der Waals surface area contributed by atoms with Gasteiger partial charge in [-0.15, -0.1) is 10.2 Å². The van der Waals surface area contributed by atoms with Crippen molar-refractivity contribution in [2.75, 3.05) is 7.05 Å². The molecule has 0 aliphatic carbocycles. The van der Waals surface area contributed by atoms with Crippen molar-refractivity contribution in [1.82, 2.24) is 15.1 Å². The number of non-ortho nitro benzene ring substituents is 1. The Morgan fingerprint density at radius 1 is 1.19 bits per heavy atom. The van der Waals surface area contributed by atoms with Gasteiger partial charge >= 0.3 is 0 Å². The van der Waals surface area contributed by atoms with Crippen molar-refractivity contribution in [3.05, 3.63) is 73.5 Å². The fourth-order valence-electron chi connectivity index (χ4n) is 2.40. The first-order valence-electron chi connectivity index (χ1n) is 7.62. The molecule has 0 saturated carbocycles. The van der Waals surface area contributed by atoms with Crippen LogP contribution in [0.4, 0.5) is 5.69 Å². The highest BCUT2D eigenvalue weighted by Gasteiger charge is 2.14. The summed E-state index contributed by atoms with van der Waals surface area (Å²) < 4.78 is 6.66. The molecular weight excluding hydrogens is 424 g/mol. The Bertz CT molecular complexity index is 930. The molecule has 7 nitrogen and oxygen atoms in total. The zero-order valence-electron chi connectivity index (χ0n) is 13.7. The van der Waals surface area contributed by atoms with Crippen molar-refractivity contribution >= 4 is 33.2 Å². The summed E-state index contributed by atoms with van der Waals surface area (Å²) in [5.74, 6) is 0.890. The first kappa shape index (κ1) is 18.5. The highest BCUT2D eigenvalue weighted by molar-refractivity contribution is 9.10. The molecule has 0 saturated heterocycles. The first-order valence-corrected chi connectivity index (χ1v) is 8.79. The molecular formula is C17H14BrClN4O3. The van der Waals surface area contributed by atoms with Crippen LogP contribution in [0.25, 0.3) is 11.5 Å². The number of benzene rings is 2. The van der Waals surface area contributed by atoms with Crippen LogP contribution in [0.5, 0.6) is 0 Å². The van der Waals surface area contributed by atoms with Gasteiger partial charge in [-0.2, -0.15) is 0 Å². The van der Waals surface area contributed by atoms with Crippen molar-refractivity contribution in [1.29, 1.82) is 0 Å². The molecule has 1 aromatic heterocycles. The number of aromatic nitrogens is 2. The van der Waals surface area contributed by atoms with Crippen molar-refractivity contribution in [2.45, 2.75) is 13.1 Å². The second-order valence-corrected chi connectivity index (χ2v) is 7.04. The van der Waals surface area contributed by atoms with Gasteiger partial charge in [0.05, 0.1) is 11.5 Å². The standard InChI is InChI=1S/C17H14BrClN4O3/c1-22(9-12-8-14(23(24)25)6-7-15(12)19)10-16-20-21-17(26-16)11-2-4-13(18)5-3-11/h2-8H,9-10H2,1H3. The number of rotatable bonds is 6. The fourth-order valence-corrected chi connectivity index (χ4v) is 2.84. The summed E-state index contributed by atoms with van der Waals surface area (Å²) in [6.07, 6.45) is 0. The summed E-state index contributed by atoms with van der Waals surface area (Å²) in [7, 11) is 1.85. The van der Waals surface area contributed by atoms with E-state index in [2.05, 4.69) is 26.1 Å². The van der Waals surface area contributed by atoms with Gasteiger partial charge < -0.3 is 4.42 Å². The first-order chi connectivity index (χ1) is 12.4. The molecule has 0 amide bonds. The summed E-state index contributed by atoms with van der Waals surface area (Å²) in [4.78, 5) is 12.4. The van der Waals surface area contributed by atoms with Gasteiger partial charge in [0.2, 0.25) is 11.8 Å². The molecule has 1 heterocycles. The molecule has 9 heteroatoms. The molecule has 0 unspecified atom stereocenters. The number of hydrogen-bond donors (Lipinski definition) is 0. The maximum atomic E-state index is 10.9. The zero-order chi connectivity index (χ0) is 18.7. The summed E-state index contributed by atoms with van der Waals surface area (Å²) in [6, 6.07) is 11.9. The van der Waals surface area contributed by atoms with E-state index in [4.69, 9.17) is 16.0 Å². The van der Waals surface area contributed by atoms with Gasteiger partial charge in [-0.05, 0) is 42.9 Å². The Morgan fingerprint density at radius 3 is 2.62 bits per heavy atom. The molecule has 3 aromatic rings. The van der Waals surface area contributed by atoms with E-state index < -0.39 is 4.92 Å². The van der Waals surface area contributed by atoms with Gasteiger partial charge in [0.1, 0.15) is 0 Å². The lowest BCUT2D eigenvalue weighted by atomic mass is 10.2. The Labute approximate surface area is 162 Å². The van der Waals surface area contributed by atoms with E-state index in [-0.39, 0.29) is 5.69 Å². The lowest BCUT2D eigenvalue weighted by Gasteiger charge is -2.15. The summed E-state index contributed by atoms with van der Waals surface area (Å²) in [5.41, 5.74) is 1.50. The maximum absolute atomic E-state index is 10.9. The van der Waals surface area contributed by atoms with E-state index in [0.717, 1.165) is 10.0 Å². The fraction of sp³-hybridized carbons (Fsp3) is 0.176. The minimum absolute atomic E-state index is 0.00751. The highest BCUT2D eigenvalue weighted by Crippen LogP contribution is 2.24. The van der Waals surface area contributed by atoms with Gasteiger partial charge in [0.15, 0.2) is 0 Å². The van der Waals surface area contributed by atoms with Crippen molar-refractivity contribution in [3.8, 4) is 11.5 Å². The zero-order valence-corrected chi connectivity index (χ0v) is 16.1. The molecule has 0 aliphatic rings. The molecule has 134 valence electrons. The summed E-state index contributed by atoms with van der Waals surface area (Å²) >= 11 is 9.52. The van der Waals surface area contributed by atoms with Crippen molar-refractivity contribution < 1.29 is 9.34 Å². The molecule has 0 radical (unpaired) electrons. The molecule has 0 bridgehead atoms. The van der Waals surface area contributed by atoms with E-state index in [1.54, 1.807) is 0 Å². The minimum Gasteiger partial charge on any atom is -0.419 e. The molecule has 0 aliphatic heterocycles. The van der Waals surface area contributed by atoms with Crippen LogP contribution >= 0.6 is 27.5 Å². The minimum atomic E-state index is -0.442. The molecule has 0 atom stereocenters. The molecule has 0 N–H and O–H groups in total. The van der Waals surface area contributed by atoms with Crippen LogP contribution in [0.3, 0.4) is 0 Å². The van der Waals surface area contributed by atoms with Crippen molar-refractivity contribution in [2.24, 2.45) is 0 Å². The SMILES string of the molecule is CN(Cc1nnc(-c2ccc(Br)cc2)o1)Cc1cc([N+](=O)[O-])ccc1Cl. The van der Waals surface area contributed by atoms with E-state index in [1.807, 2.05) is 36.2 Å². The van der Waals surface area contributed by atoms with Crippen LogP contribution in [-0.4, -0.2) is 27.1 Å². The van der Waals surface area contributed by atoms with Crippen LogP contribution < -0.4 is 0 Å². The third kappa shape index (κ3) is 4.46. The second-order valence-electron chi connectivity index (χ2n) is 5.71. The molecule has 0 spiro atoms. The Balaban J connectivity index is 1.69. The summed E-state index contributed by atoms with van der Waals surface area (Å²) in [6.45, 7) is 0.805. The van der Waals surface area contributed by atoms with Gasteiger partial charge in [0, 0.05) is 33.7 Å². The lowest BCUT2D eigenvalue weighted by Crippen LogP contribution is -2.17.